The molecule has 0 saturated heterocycles. The standard InChI is InChI=1S/C20H32/c1-16(2)20-14-12-18(4)10-6-8-17(3)9-7-11-19(5)13-15-20/h8,11-12,20H,1,6-7,9-10,13-15H2,2-5H3/b17-8-,18-12+,19-11+/t20-/m0/s1. The van der Waals surface area contributed by atoms with Gasteiger partial charge < -0.3 is 0 Å². The Morgan fingerprint density at radius 2 is 1.40 bits per heavy atom. The van der Waals surface area contributed by atoms with E-state index in [9.17, 15) is 0 Å². The van der Waals surface area contributed by atoms with E-state index in [1.54, 1.807) is 11.1 Å². The Morgan fingerprint density at radius 3 is 1.95 bits per heavy atom. The normalized spacial score (nSPS) is 31.0. The highest BCUT2D eigenvalue weighted by atomic mass is 14.1. The van der Waals surface area contributed by atoms with Crippen molar-refractivity contribution in [3.63, 3.8) is 0 Å². The maximum absolute atomic E-state index is 4.18. The molecule has 1 rings (SSSR count). The van der Waals surface area contributed by atoms with Crippen LogP contribution in [-0.4, -0.2) is 0 Å². The van der Waals surface area contributed by atoms with Crippen molar-refractivity contribution in [1.29, 1.82) is 0 Å². The summed E-state index contributed by atoms with van der Waals surface area (Å²) in [5.74, 6) is 0.647. The highest BCUT2D eigenvalue weighted by Gasteiger charge is 2.08. The van der Waals surface area contributed by atoms with Crippen LogP contribution in [0.4, 0.5) is 0 Å². The van der Waals surface area contributed by atoms with E-state index in [2.05, 4.69) is 52.5 Å². The van der Waals surface area contributed by atoms with Gasteiger partial charge in [-0.05, 0) is 78.6 Å². The zero-order valence-electron chi connectivity index (χ0n) is 14.0. The lowest BCUT2D eigenvalue weighted by Gasteiger charge is -2.16. The average Bonchev–Trinajstić information content (AvgIpc) is 2.37. The Hall–Kier alpha value is -1.04. The lowest BCUT2D eigenvalue weighted by molar-refractivity contribution is 0.564. The van der Waals surface area contributed by atoms with E-state index < -0.39 is 0 Å². The molecule has 0 unspecified atom stereocenters. The van der Waals surface area contributed by atoms with Crippen molar-refractivity contribution in [2.45, 2.75) is 72.6 Å². The van der Waals surface area contributed by atoms with E-state index in [4.69, 9.17) is 0 Å². The molecule has 0 aliphatic heterocycles. The molecule has 0 fully saturated rings. The molecule has 0 bridgehead atoms. The topological polar surface area (TPSA) is 0 Å². The molecule has 1 aliphatic rings. The van der Waals surface area contributed by atoms with Crippen LogP contribution in [-0.2, 0) is 0 Å². The van der Waals surface area contributed by atoms with Crippen LogP contribution in [0.25, 0.3) is 0 Å². The van der Waals surface area contributed by atoms with Gasteiger partial charge in [-0.1, -0.05) is 47.1 Å². The van der Waals surface area contributed by atoms with Crippen molar-refractivity contribution in [2.24, 2.45) is 5.92 Å². The van der Waals surface area contributed by atoms with Gasteiger partial charge in [0.1, 0.15) is 0 Å². The molecule has 0 N–H and O–H groups in total. The summed E-state index contributed by atoms with van der Waals surface area (Å²) < 4.78 is 0. The van der Waals surface area contributed by atoms with Gasteiger partial charge in [0, 0.05) is 0 Å². The monoisotopic (exact) mass is 272 g/mol. The van der Waals surface area contributed by atoms with Crippen molar-refractivity contribution in [1.82, 2.24) is 0 Å². The second-order valence-corrected chi connectivity index (χ2v) is 6.55. The number of hydrogen-bond donors (Lipinski definition) is 0. The minimum atomic E-state index is 0.647. The molecule has 0 aromatic heterocycles. The number of rotatable bonds is 1. The van der Waals surface area contributed by atoms with E-state index in [-0.39, 0.29) is 0 Å². The second kappa shape index (κ2) is 9.00. The van der Waals surface area contributed by atoms with Crippen LogP contribution in [0.1, 0.15) is 72.6 Å². The Balaban J connectivity index is 2.77. The third kappa shape index (κ3) is 6.93. The van der Waals surface area contributed by atoms with Gasteiger partial charge in [0.05, 0.1) is 0 Å². The fourth-order valence-electron chi connectivity index (χ4n) is 2.71. The van der Waals surface area contributed by atoms with E-state index in [1.807, 2.05) is 0 Å². The van der Waals surface area contributed by atoms with Crippen molar-refractivity contribution in [3.8, 4) is 0 Å². The third-order valence-electron chi connectivity index (χ3n) is 4.40. The molecule has 0 nitrogen and oxygen atoms in total. The summed E-state index contributed by atoms with van der Waals surface area (Å²) in [7, 11) is 0. The Kier molecular flexibility index (Phi) is 7.65. The van der Waals surface area contributed by atoms with Crippen LogP contribution in [0, 0.1) is 5.92 Å². The molecule has 0 spiro atoms. The van der Waals surface area contributed by atoms with Gasteiger partial charge in [-0.3, -0.25) is 0 Å². The van der Waals surface area contributed by atoms with Crippen LogP contribution in [0.2, 0.25) is 0 Å². The molecule has 0 saturated carbocycles. The van der Waals surface area contributed by atoms with Gasteiger partial charge >= 0.3 is 0 Å². The summed E-state index contributed by atoms with van der Waals surface area (Å²) >= 11 is 0. The van der Waals surface area contributed by atoms with Gasteiger partial charge in [-0.25, -0.2) is 0 Å². The summed E-state index contributed by atoms with van der Waals surface area (Å²) in [6.07, 6.45) is 15.7. The molecule has 0 radical (unpaired) electrons. The van der Waals surface area contributed by atoms with Gasteiger partial charge in [-0.2, -0.15) is 0 Å². The molecule has 112 valence electrons. The molecular weight excluding hydrogens is 240 g/mol. The first-order valence-corrected chi connectivity index (χ1v) is 8.11. The molecule has 1 atom stereocenters. The predicted octanol–water partition coefficient (Wildman–Crippen LogP) is 6.76. The summed E-state index contributed by atoms with van der Waals surface area (Å²) in [6, 6.07) is 0. The smallest absolute Gasteiger partial charge is 0.0171 e. The second-order valence-electron chi connectivity index (χ2n) is 6.55. The molecule has 0 heteroatoms. The number of hydrogen-bond acceptors (Lipinski definition) is 0. The Morgan fingerprint density at radius 1 is 0.900 bits per heavy atom. The first kappa shape index (κ1) is 17.0. The zero-order valence-corrected chi connectivity index (χ0v) is 14.0. The minimum absolute atomic E-state index is 0.647. The van der Waals surface area contributed by atoms with E-state index in [0.717, 1.165) is 6.42 Å². The lowest BCUT2D eigenvalue weighted by atomic mass is 9.89. The van der Waals surface area contributed by atoms with E-state index in [0.29, 0.717) is 5.92 Å². The van der Waals surface area contributed by atoms with Crippen molar-refractivity contribution >= 4 is 0 Å². The van der Waals surface area contributed by atoms with Gasteiger partial charge in [-0.15, -0.1) is 0 Å². The van der Waals surface area contributed by atoms with E-state index in [1.165, 1.54) is 49.7 Å². The maximum Gasteiger partial charge on any atom is -0.0171 e. The molecule has 1 aliphatic carbocycles. The minimum Gasteiger partial charge on any atom is -0.0998 e. The van der Waals surface area contributed by atoms with Crippen LogP contribution in [0.15, 0.2) is 47.1 Å². The van der Waals surface area contributed by atoms with Crippen molar-refractivity contribution < 1.29 is 0 Å². The van der Waals surface area contributed by atoms with Crippen molar-refractivity contribution in [2.75, 3.05) is 0 Å². The molecule has 0 aromatic rings. The van der Waals surface area contributed by atoms with Gasteiger partial charge in [0.15, 0.2) is 0 Å². The van der Waals surface area contributed by atoms with Crippen LogP contribution in [0.5, 0.6) is 0 Å². The Labute approximate surface area is 126 Å². The predicted molar refractivity (Wildman–Crippen MR) is 91.9 cm³/mol. The molecule has 20 heavy (non-hydrogen) atoms. The van der Waals surface area contributed by atoms with E-state index >= 15 is 0 Å². The highest BCUT2D eigenvalue weighted by Crippen LogP contribution is 2.24. The quantitative estimate of drug-likeness (QED) is 0.462. The average molecular weight is 272 g/mol. The fraction of sp³-hybridized carbons (Fsp3) is 0.600. The molecular formula is C20H32. The lowest BCUT2D eigenvalue weighted by Crippen LogP contribution is -2.01. The summed E-state index contributed by atoms with van der Waals surface area (Å²) in [5.41, 5.74) is 5.95. The van der Waals surface area contributed by atoms with Crippen LogP contribution < -0.4 is 0 Å². The highest BCUT2D eigenvalue weighted by molar-refractivity contribution is 5.09. The van der Waals surface area contributed by atoms with Crippen molar-refractivity contribution in [3.05, 3.63) is 47.1 Å². The third-order valence-corrected chi connectivity index (χ3v) is 4.40. The fourth-order valence-corrected chi connectivity index (χ4v) is 2.71. The molecule has 0 amide bonds. The largest absolute Gasteiger partial charge is 0.0998 e. The van der Waals surface area contributed by atoms with Gasteiger partial charge in [0.2, 0.25) is 0 Å². The van der Waals surface area contributed by atoms with Gasteiger partial charge in [0.25, 0.3) is 0 Å². The summed E-state index contributed by atoms with van der Waals surface area (Å²) in [4.78, 5) is 0. The summed E-state index contributed by atoms with van der Waals surface area (Å²) in [6.45, 7) is 13.2. The summed E-state index contributed by atoms with van der Waals surface area (Å²) in [5, 5.41) is 0. The molecule has 0 aromatic carbocycles. The maximum atomic E-state index is 4.18. The zero-order chi connectivity index (χ0) is 15.0. The number of allylic oxidation sites excluding steroid dienone is 7. The van der Waals surface area contributed by atoms with Crippen LogP contribution in [0.3, 0.4) is 0 Å². The van der Waals surface area contributed by atoms with Crippen LogP contribution >= 0.6 is 0 Å². The SMILES string of the molecule is C=C(C)[C@H]1C/C=C(\C)CC/C=C(/C)CC/C=C(\C)CC1. The molecule has 0 heterocycles. The first-order chi connectivity index (χ1) is 9.49. The Bertz CT molecular complexity index is 404. The first-order valence-electron chi connectivity index (χ1n) is 8.11.